The maximum absolute atomic E-state index is 13.4. The summed E-state index contributed by atoms with van der Waals surface area (Å²) in [7, 11) is 0. The van der Waals surface area contributed by atoms with E-state index in [1.165, 1.54) is 4.90 Å². The van der Waals surface area contributed by atoms with Crippen molar-refractivity contribution in [1.82, 2.24) is 4.90 Å². The van der Waals surface area contributed by atoms with Gasteiger partial charge in [-0.2, -0.15) is 0 Å². The fourth-order valence-corrected chi connectivity index (χ4v) is 2.00. The number of hydrogen-bond donors (Lipinski definition) is 1. The molecule has 1 heterocycles. The van der Waals surface area contributed by atoms with Crippen LogP contribution in [0.3, 0.4) is 0 Å². The van der Waals surface area contributed by atoms with E-state index >= 15 is 0 Å². The van der Waals surface area contributed by atoms with Crippen LogP contribution in [-0.2, 0) is 0 Å². The van der Waals surface area contributed by atoms with Crippen LogP contribution in [0.1, 0.15) is 16.8 Å². The summed E-state index contributed by atoms with van der Waals surface area (Å²) in [4.78, 5) is 13.4. The van der Waals surface area contributed by atoms with E-state index in [-0.39, 0.29) is 18.1 Å². The standard InChI is InChI=1S/C12H13F2NO2/c13-9-1-2-10(11(14)5-9)12(17)15-4-3-8(6-15)7-16/h1-2,5,8,16H,3-4,6-7H2. The molecule has 0 radical (unpaired) electrons. The second-order valence-corrected chi connectivity index (χ2v) is 4.21. The first kappa shape index (κ1) is 12.0. The van der Waals surface area contributed by atoms with Gasteiger partial charge in [0.05, 0.1) is 5.56 Å². The van der Waals surface area contributed by atoms with E-state index in [2.05, 4.69) is 0 Å². The monoisotopic (exact) mass is 241 g/mol. The van der Waals surface area contributed by atoms with Crippen molar-refractivity contribution in [3.8, 4) is 0 Å². The van der Waals surface area contributed by atoms with E-state index < -0.39 is 17.5 Å². The number of amides is 1. The van der Waals surface area contributed by atoms with Crippen LogP contribution in [0, 0.1) is 17.6 Å². The van der Waals surface area contributed by atoms with Gasteiger partial charge in [0.1, 0.15) is 11.6 Å². The van der Waals surface area contributed by atoms with Gasteiger partial charge in [-0.3, -0.25) is 4.79 Å². The Balaban J connectivity index is 2.15. The number of hydrogen-bond acceptors (Lipinski definition) is 2. The lowest BCUT2D eigenvalue weighted by atomic mass is 10.1. The minimum Gasteiger partial charge on any atom is -0.396 e. The molecular weight excluding hydrogens is 228 g/mol. The fraction of sp³-hybridized carbons (Fsp3) is 0.417. The summed E-state index contributed by atoms with van der Waals surface area (Å²) >= 11 is 0. The highest BCUT2D eigenvalue weighted by atomic mass is 19.1. The van der Waals surface area contributed by atoms with Crippen molar-refractivity contribution in [2.24, 2.45) is 5.92 Å². The molecule has 1 saturated heterocycles. The predicted octanol–water partition coefficient (Wildman–Crippen LogP) is 1.42. The summed E-state index contributed by atoms with van der Waals surface area (Å²) in [6, 6.07) is 2.92. The number of carbonyl (C=O) groups is 1. The molecule has 1 atom stereocenters. The Morgan fingerprint density at radius 3 is 2.82 bits per heavy atom. The lowest BCUT2D eigenvalue weighted by Gasteiger charge is -2.16. The number of halogens is 2. The van der Waals surface area contributed by atoms with Gasteiger partial charge in [-0.15, -0.1) is 0 Å². The molecule has 3 nitrogen and oxygen atoms in total. The van der Waals surface area contributed by atoms with Crippen LogP contribution < -0.4 is 0 Å². The number of carbonyl (C=O) groups excluding carboxylic acids is 1. The molecule has 0 aliphatic carbocycles. The van der Waals surface area contributed by atoms with E-state index in [0.29, 0.717) is 25.6 Å². The third-order valence-corrected chi connectivity index (χ3v) is 2.99. The maximum atomic E-state index is 13.4. The number of nitrogens with zero attached hydrogens (tertiary/aromatic N) is 1. The van der Waals surface area contributed by atoms with Crippen molar-refractivity contribution in [1.29, 1.82) is 0 Å². The molecule has 1 fully saturated rings. The second kappa shape index (κ2) is 4.79. The summed E-state index contributed by atoms with van der Waals surface area (Å²) in [5, 5.41) is 8.97. The summed E-state index contributed by atoms with van der Waals surface area (Å²) < 4.78 is 26.1. The molecule has 0 saturated carbocycles. The third-order valence-electron chi connectivity index (χ3n) is 2.99. The number of likely N-dealkylation sites (tertiary alicyclic amines) is 1. The molecule has 0 aromatic heterocycles. The van der Waals surface area contributed by atoms with E-state index in [1.54, 1.807) is 0 Å². The lowest BCUT2D eigenvalue weighted by Crippen LogP contribution is -2.29. The van der Waals surface area contributed by atoms with E-state index in [0.717, 1.165) is 12.1 Å². The molecule has 1 unspecified atom stereocenters. The van der Waals surface area contributed by atoms with Gasteiger partial charge in [0.2, 0.25) is 0 Å². The van der Waals surface area contributed by atoms with Crippen LogP contribution in [0.4, 0.5) is 8.78 Å². The van der Waals surface area contributed by atoms with Crippen LogP contribution in [0.15, 0.2) is 18.2 Å². The molecule has 5 heteroatoms. The van der Waals surface area contributed by atoms with Gasteiger partial charge in [0.15, 0.2) is 0 Å². The maximum Gasteiger partial charge on any atom is 0.256 e. The number of benzene rings is 1. The minimum absolute atomic E-state index is 0.0235. The Labute approximate surface area is 97.7 Å². The Kier molecular flexibility index (Phi) is 3.38. The van der Waals surface area contributed by atoms with Crippen molar-refractivity contribution in [3.05, 3.63) is 35.4 Å². The molecule has 2 rings (SSSR count). The van der Waals surface area contributed by atoms with E-state index in [9.17, 15) is 13.6 Å². The van der Waals surface area contributed by atoms with Crippen molar-refractivity contribution >= 4 is 5.91 Å². The van der Waals surface area contributed by atoms with Gasteiger partial charge >= 0.3 is 0 Å². The summed E-state index contributed by atoms with van der Waals surface area (Å²) in [5.41, 5.74) is -0.120. The highest BCUT2D eigenvalue weighted by Crippen LogP contribution is 2.19. The quantitative estimate of drug-likeness (QED) is 0.850. The smallest absolute Gasteiger partial charge is 0.256 e. The summed E-state index contributed by atoms with van der Waals surface area (Å²) in [5.74, 6) is -1.93. The molecule has 1 aliphatic heterocycles. The Bertz CT molecular complexity index is 437. The highest BCUT2D eigenvalue weighted by molar-refractivity contribution is 5.94. The van der Waals surface area contributed by atoms with Gasteiger partial charge < -0.3 is 10.0 Å². The molecule has 1 aliphatic rings. The SMILES string of the molecule is O=C(c1ccc(F)cc1F)N1CCC(CO)C1. The molecule has 1 aromatic rings. The van der Waals surface area contributed by atoms with Gasteiger partial charge in [-0.25, -0.2) is 8.78 Å². The highest BCUT2D eigenvalue weighted by Gasteiger charge is 2.27. The van der Waals surface area contributed by atoms with Gasteiger partial charge in [-0.05, 0) is 18.6 Å². The summed E-state index contributed by atoms with van der Waals surface area (Å²) in [6.45, 7) is 0.947. The normalized spacial score (nSPS) is 19.7. The van der Waals surface area contributed by atoms with Crippen LogP contribution >= 0.6 is 0 Å². The minimum atomic E-state index is -0.845. The van der Waals surface area contributed by atoms with Crippen LogP contribution in [-0.4, -0.2) is 35.6 Å². The predicted molar refractivity (Wildman–Crippen MR) is 57.5 cm³/mol. The average Bonchev–Trinajstić information content (AvgIpc) is 2.76. The molecule has 1 amide bonds. The first-order valence-electron chi connectivity index (χ1n) is 5.47. The third kappa shape index (κ3) is 2.44. The lowest BCUT2D eigenvalue weighted by molar-refractivity contribution is 0.0777. The van der Waals surface area contributed by atoms with Gasteiger partial charge in [0.25, 0.3) is 5.91 Å². The Morgan fingerprint density at radius 2 is 2.24 bits per heavy atom. The van der Waals surface area contributed by atoms with Crippen LogP contribution in [0.25, 0.3) is 0 Å². The van der Waals surface area contributed by atoms with E-state index in [1.807, 2.05) is 0 Å². The average molecular weight is 241 g/mol. The first-order chi connectivity index (χ1) is 8.11. The van der Waals surface area contributed by atoms with Crippen molar-refractivity contribution in [2.75, 3.05) is 19.7 Å². The molecule has 17 heavy (non-hydrogen) atoms. The number of aliphatic hydroxyl groups excluding tert-OH is 1. The fourth-order valence-electron chi connectivity index (χ4n) is 2.00. The topological polar surface area (TPSA) is 40.5 Å². The molecular formula is C12H13F2NO2. The summed E-state index contributed by atoms with van der Waals surface area (Å²) in [6.07, 6.45) is 0.713. The zero-order valence-corrected chi connectivity index (χ0v) is 9.20. The number of rotatable bonds is 2. The van der Waals surface area contributed by atoms with Gasteiger partial charge in [0, 0.05) is 31.7 Å². The largest absolute Gasteiger partial charge is 0.396 e. The van der Waals surface area contributed by atoms with Crippen molar-refractivity contribution in [3.63, 3.8) is 0 Å². The zero-order valence-electron chi connectivity index (χ0n) is 9.20. The Morgan fingerprint density at radius 1 is 1.47 bits per heavy atom. The number of aliphatic hydroxyl groups is 1. The molecule has 0 spiro atoms. The molecule has 0 bridgehead atoms. The van der Waals surface area contributed by atoms with Crippen molar-refractivity contribution in [2.45, 2.75) is 6.42 Å². The molecule has 1 aromatic carbocycles. The zero-order chi connectivity index (χ0) is 12.4. The Hall–Kier alpha value is -1.49. The van der Waals surface area contributed by atoms with Crippen LogP contribution in [0.2, 0.25) is 0 Å². The van der Waals surface area contributed by atoms with Crippen LogP contribution in [0.5, 0.6) is 0 Å². The first-order valence-corrected chi connectivity index (χ1v) is 5.47. The second-order valence-electron chi connectivity index (χ2n) is 4.21. The molecule has 92 valence electrons. The van der Waals surface area contributed by atoms with Gasteiger partial charge in [-0.1, -0.05) is 0 Å². The van der Waals surface area contributed by atoms with E-state index in [4.69, 9.17) is 5.11 Å². The molecule has 1 N–H and O–H groups in total. The van der Waals surface area contributed by atoms with Crippen molar-refractivity contribution < 1.29 is 18.7 Å².